The second-order valence-corrected chi connectivity index (χ2v) is 8.82. The first kappa shape index (κ1) is 18.6. The van der Waals surface area contributed by atoms with Crippen LogP contribution in [-0.4, -0.2) is 39.8 Å². The number of anilines is 1. The summed E-state index contributed by atoms with van der Waals surface area (Å²) in [7, 11) is -2.23. The number of fused-ring (bicyclic) bond motifs is 2. The van der Waals surface area contributed by atoms with E-state index in [4.69, 9.17) is 14.6 Å². The van der Waals surface area contributed by atoms with Crippen LogP contribution in [0.25, 0.3) is 0 Å². The highest BCUT2D eigenvalue weighted by Gasteiger charge is 2.37. The van der Waals surface area contributed by atoms with Crippen LogP contribution in [0, 0.1) is 0 Å². The van der Waals surface area contributed by atoms with Crippen molar-refractivity contribution in [2.45, 2.75) is 30.1 Å². The zero-order valence-corrected chi connectivity index (χ0v) is 16.2. The van der Waals surface area contributed by atoms with Crippen LogP contribution in [0.3, 0.4) is 0 Å². The zero-order valence-electron chi connectivity index (χ0n) is 15.4. The van der Waals surface area contributed by atoms with Gasteiger partial charge in [-0.15, -0.1) is 0 Å². The van der Waals surface area contributed by atoms with Crippen LogP contribution in [0.4, 0.5) is 5.69 Å². The zero-order chi connectivity index (χ0) is 19.9. The lowest BCUT2D eigenvalue weighted by molar-refractivity contribution is -0.137. The van der Waals surface area contributed by atoms with E-state index < -0.39 is 16.0 Å². The number of hydrogen-bond donors (Lipinski definition) is 1. The monoisotopic (exact) mass is 403 g/mol. The maximum atomic E-state index is 13.4. The number of carbonyl (C=O) groups is 1. The van der Waals surface area contributed by atoms with Gasteiger partial charge in [-0.05, 0) is 53.9 Å². The van der Waals surface area contributed by atoms with Crippen molar-refractivity contribution in [2.24, 2.45) is 0 Å². The quantitative estimate of drug-likeness (QED) is 0.797. The average molecular weight is 403 g/mol. The van der Waals surface area contributed by atoms with E-state index in [9.17, 15) is 13.2 Å². The van der Waals surface area contributed by atoms with E-state index in [0.717, 1.165) is 16.9 Å². The van der Waals surface area contributed by atoms with Crippen molar-refractivity contribution < 1.29 is 27.8 Å². The standard InChI is InChI=1S/C20H21NO6S/c1-26-15-3-5-18-17(11-15)14(2-7-20(22)23)12-21(18)28(24,25)16-4-6-19-13(10-16)8-9-27-19/h3-6,10-11,14H,2,7-9,12H2,1H3,(H,22,23). The van der Waals surface area contributed by atoms with Gasteiger partial charge in [-0.2, -0.15) is 0 Å². The first-order valence-electron chi connectivity index (χ1n) is 9.08. The van der Waals surface area contributed by atoms with Crippen molar-refractivity contribution in [1.29, 1.82) is 0 Å². The third-order valence-electron chi connectivity index (χ3n) is 5.29. The lowest BCUT2D eigenvalue weighted by Crippen LogP contribution is -2.30. The number of carboxylic acid groups (broad SMARTS) is 1. The van der Waals surface area contributed by atoms with E-state index in [1.165, 1.54) is 4.31 Å². The number of hydrogen-bond acceptors (Lipinski definition) is 5. The molecule has 2 heterocycles. The summed E-state index contributed by atoms with van der Waals surface area (Å²) in [6.45, 7) is 0.772. The molecule has 2 aliphatic heterocycles. The van der Waals surface area contributed by atoms with Crippen molar-refractivity contribution >= 4 is 21.7 Å². The topological polar surface area (TPSA) is 93.1 Å². The molecule has 2 aromatic rings. The molecule has 0 saturated heterocycles. The molecular formula is C20H21NO6S. The molecule has 0 saturated carbocycles. The molecule has 2 aliphatic rings. The highest BCUT2D eigenvalue weighted by molar-refractivity contribution is 7.92. The van der Waals surface area contributed by atoms with Crippen molar-refractivity contribution in [3.05, 3.63) is 47.5 Å². The van der Waals surface area contributed by atoms with Crippen LogP contribution in [0.1, 0.15) is 29.9 Å². The van der Waals surface area contributed by atoms with Crippen LogP contribution in [0.5, 0.6) is 11.5 Å². The normalized spacial score (nSPS) is 17.8. The van der Waals surface area contributed by atoms with Gasteiger partial charge in [0.2, 0.25) is 0 Å². The van der Waals surface area contributed by atoms with Crippen LogP contribution in [-0.2, 0) is 21.2 Å². The number of benzene rings is 2. The fourth-order valence-corrected chi connectivity index (χ4v) is 5.42. The first-order chi connectivity index (χ1) is 13.4. The summed E-state index contributed by atoms with van der Waals surface area (Å²) in [5.41, 5.74) is 2.26. The van der Waals surface area contributed by atoms with Crippen LogP contribution >= 0.6 is 0 Å². The van der Waals surface area contributed by atoms with Crippen LogP contribution < -0.4 is 13.8 Å². The Kier molecular flexibility index (Phi) is 4.66. The molecule has 0 aromatic heterocycles. The lowest BCUT2D eigenvalue weighted by atomic mass is 9.96. The predicted octanol–water partition coefficient (Wildman–Crippen LogP) is 2.79. The third-order valence-corrected chi connectivity index (χ3v) is 7.06. The lowest BCUT2D eigenvalue weighted by Gasteiger charge is -2.20. The van der Waals surface area contributed by atoms with Gasteiger partial charge in [0.15, 0.2) is 0 Å². The molecule has 7 nitrogen and oxygen atoms in total. The van der Waals surface area contributed by atoms with Gasteiger partial charge in [0.25, 0.3) is 10.0 Å². The third kappa shape index (κ3) is 3.17. The van der Waals surface area contributed by atoms with Gasteiger partial charge < -0.3 is 14.6 Å². The molecule has 148 valence electrons. The van der Waals surface area contributed by atoms with E-state index in [1.807, 2.05) is 0 Å². The number of methoxy groups -OCH3 is 1. The van der Waals surface area contributed by atoms with E-state index in [-0.39, 0.29) is 23.8 Å². The molecule has 0 bridgehead atoms. The summed E-state index contributed by atoms with van der Waals surface area (Å²) in [5, 5.41) is 9.05. The van der Waals surface area contributed by atoms with Crippen molar-refractivity contribution in [3.63, 3.8) is 0 Å². The Labute approximate surface area is 163 Å². The minimum Gasteiger partial charge on any atom is -0.497 e. The number of aliphatic carboxylic acids is 1. The number of rotatable bonds is 6. The molecule has 2 aromatic carbocycles. The van der Waals surface area contributed by atoms with E-state index in [2.05, 4.69) is 0 Å². The maximum absolute atomic E-state index is 13.4. The fourth-order valence-electron chi connectivity index (χ4n) is 3.83. The van der Waals surface area contributed by atoms with Crippen molar-refractivity contribution in [1.82, 2.24) is 0 Å². The summed E-state index contributed by atoms with van der Waals surface area (Å²) in [6.07, 6.45) is 1.03. The highest BCUT2D eigenvalue weighted by atomic mass is 32.2. The molecular weight excluding hydrogens is 382 g/mol. The van der Waals surface area contributed by atoms with Crippen molar-refractivity contribution in [3.8, 4) is 11.5 Å². The van der Waals surface area contributed by atoms with Gasteiger partial charge in [-0.25, -0.2) is 8.42 Å². The van der Waals surface area contributed by atoms with Crippen LogP contribution in [0.2, 0.25) is 0 Å². The molecule has 1 atom stereocenters. The predicted molar refractivity (Wildman–Crippen MR) is 103 cm³/mol. The van der Waals surface area contributed by atoms with Gasteiger partial charge in [-0.3, -0.25) is 9.10 Å². The summed E-state index contributed by atoms with van der Waals surface area (Å²) < 4.78 is 38.9. The SMILES string of the molecule is COc1ccc2c(c1)C(CCC(=O)O)CN2S(=O)(=O)c1ccc2c(c1)CCO2. The van der Waals surface area contributed by atoms with Gasteiger partial charge in [-0.1, -0.05) is 0 Å². The van der Waals surface area contributed by atoms with E-state index in [0.29, 0.717) is 30.9 Å². The smallest absolute Gasteiger partial charge is 0.303 e. The van der Waals surface area contributed by atoms with Crippen LogP contribution in [0.15, 0.2) is 41.3 Å². The summed E-state index contributed by atoms with van der Waals surface area (Å²) in [5.74, 6) is 0.246. The van der Waals surface area contributed by atoms with Crippen molar-refractivity contribution in [2.75, 3.05) is 24.6 Å². The molecule has 0 spiro atoms. The Hall–Kier alpha value is -2.74. The van der Waals surface area contributed by atoms with E-state index in [1.54, 1.807) is 43.5 Å². The van der Waals surface area contributed by atoms with Gasteiger partial charge >= 0.3 is 5.97 Å². The number of ether oxygens (including phenoxy) is 2. The largest absolute Gasteiger partial charge is 0.497 e. The Balaban J connectivity index is 1.72. The molecule has 1 N–H and O–H groups in total. The molecule has 0 aliphatic carbocycles. The Bertz CT molecular complexity index is 1030. The fraction of sp³-hybridized carbons (Fsp3) is 0.350. The minimum atomic E-state index is -3.78. The first-order valence-corrected chi connectivity index (χ1v) is 10.5. The highest BCUT2D eigenvalue weighted by Crippen LogP contribution is 2.43. The Morgan fingerprint density at radius 2 is 2.11 bits per heavy atom. The summed E-state index contributed by atoms with van der Waals surface area (Å²) >= 11 is 0. The number of carboxylic acids is 1. The van der Waals surface area contributed by atoms with E-state index >= 15 is 0 Å². The summed E-state index contributed by atoms with van der Waals surface area (Å²) in [6, 6.07) is 10.2. The van der Waals surface area contributed by atoms with Gasteiger partial charge in [0, 0.05) is 25.3 Å². The maximum Gasteiger partial charge on any atom is 0.303 e. The molecule has 0 amide bonds. The minimum absolute atomic E-state index is 0.0224. The Morgan fingerprint density at radius 1 is 1.29 bits per heavy atom. The van der Waals surface area contributed by atoms with Gasteiger partial charge in [0.05, 0.1) is 24.3 Å². The number of nitrogens with zero attached hydrogens (tertiary/aromatic N) is 1. The Morgan fingerprint density at radius 3 is 2.86 bits per heavy atom. The molecule has 4 rings (SSSR count). The molecule has 0 fully saturated rings. The second kappa shape index (κ2) is 7.01. The molecule has 8 heteroatoms. The number of sulfonamides is 1. The molecule has 28 heavy (non-hydrogen) atoms. The second-order valence-electron chi connectivity index (χ2n) is 6.96. The molecule has 0 radical (unpaired) electrons. The summed E-state index contributed by atoms with van der Waals surface area (Å²) in [4.78, 5) is 11.3. The van der Waals surface area contributed by atoms with Gasteiger partial charge in [0.1, 0.15) is 11.5 Å². The molecule has 1 unspecified atom stereocenters. The average Bonchev–Trinajstić information content (AvgIpc) is 3.29.